The lowest BCUT2D eigenvalue weighted by Gasteiger charge is -2.08. The third kappa shape index (κ3) is 5.04. The summed E-state index contributed by atoms with van der Waals surface area (Å²) in [5.41, 5.74) is 9.41. The zero-order valence-corrected chi connectivity index (χ0v) is 19.9. The van der Waals surface area contributed by atoms with E-state index in [4.69, 9.17) is 15.2 Å². The van der Waals surface area contributed by atoms with Crippen LogP contribution in [0.4, 0.5) is 11.5 Å². The molecule has 15 nitrogen and oxygen atoms in total. The van der Waals surface area contributed by atoms with Crippen LogP contribution in [0.25, 0.3) is 17.1 Å². The number of hydrazone groups is 1. The molecule has 0 saturated carbocycles. The maximum absolute atomic E-state index is 13.1. The molecule has 4 rings (SSSR count). The van der Waals surface area contributed by atoms with E-state index in [9.17, 15) is 14.9 Å². The second-order valence-corrected chi connectivity index (χ2v) is 7.41. The van der Waals surface area contributed by atoms with Gasteiger partial charge in [0.05, 0.1) is 24.4 Å². The van der Waals surface area contributed by atoms with E-state index in [1.54, 1.807) is 37.3 Å². The van der Waals surface area contributed by atoms with E-state index < -0.39 is 10.8 Å². The van der Waals surface area contributed by atoms with Crippen molar-refractivity contribution in [3.8, 4) is 28.6 Å². The summed E-state index contributed by atoms with van der Waals surface area (Å²) in [6.45, 7) is 3.93. The molecule has 3 N–H and O–H groups in total. The molecule has 0 spiro atoms. The number of aromatic nitrogens is 5. The molecule has 0 aliphatic rings. The smallest absolute Gasteiger partial charge is 0.311 e. The van der Waals surface area contributed by atoms with Gasteiger partial charge in [-0.25, -0.2) is 10.1 Å². The van der Waals surface area contributed by atoms with Crippen LogP contribution in [0, 0.1) is 10.1 Å². The number of nitrogens with two attached hydrogens (primary N) is 1. The largest absolute Gasteiger partial charge is 0.494 e. The molecule has 4 aromatic rings. The highest BCUT2D eigenvalue weighted by Gasteiger charge is 2.25. The highest BCUT2D eigenvalue weighted by Crippen LogP contribution is 2.29. The van der Waals surface area contributed by atoms with Crippen LogP contribution < -0.4 is 20.6 Å². The van der Waals surface area contributed by atoms with Crippen molar-refractivity contribution in [2.24, 2.45) is 5.10 Å². The Hall–Kier alpha value is -5.34. The van der Waals surface area contributed by atoms with E-state index >= 15 is 0 Å². The fourth-order valence-corrected chi connectivity index (χ4v) is 3.37. The molecule has 2 heterocycles. The zero-order chi connectivity index (χ0) is 26.5. The number of nitrogen functional groups attached to an aromatic ring is 1. The average molecular weight is 507 g/mol. The van der Waals surface area contributed by atoms with Crippen molar-refractivity contribution in [1.82, 2.24) is 30.7 Å². The van der Waals surface area contributed by atoms with E-state index in [0.29, 0.717) is 29.2 Å². The van der Waals surface area contributed by atoms with E-state index in [1.165, 1.54) is 23.9 Å². The van der Waals surface area contributed by atoms with Crippen molar-refractivity contribution in [3.63, 3.8) is 0 Å². The highest BCUT2D eigenvalue weighted by atomic mass is 16.6. The first kappa shape index (κ1) is 24.8. The predicted molar refractivity (Wildman–Crippen MR) is 130 cm³/mol. The Labute approximate surface area is 209 Å². The van der Waals surface area contributed by atoms with Crippen LogP contribution in [-0.4, -0.2) is 55.6 Å². The molecule has 0 saturated heterocycles. The minimum Gasteiger partial charge on any atom is -0.494 e. The van der Waals surface area contributed by atoms with Gasteiger partial charge in [-0.1, -0.05) is 5.21 Å². The Kier molecular flexibility index (Phi) is 7.04. The number of carbonyl (C=O) groups is 1. The first-order valence-electron chi connectivity index (χ1n) is 10.8. The molecule has 0 aliphatic heterocycles. The Morgan fingerprint density at radius 3 is 2.62 bits per heavy atom. The van der Waals surface area contributed by atoms with Gasteiger partial charge in [0, 0.05) is 17.2 Å². The number of nitro groups is 1. The number of ether oxygens (including phenoxy) is 2. The molecule has 0 atom stereocenters. The fourth-order valence-electron chi connectivity index (χ4n) is 3.37. The summed E-state index contributed by atoms with van der Waals surface area (Å²) in [7, 11) is 1.33. The minimum absolute atomic E-state index is 0.0423. The van der Waals surface area contributed by atoms with Crippen LogP contribution in [0.3, 0.4) is 0 Å². The van der Waals surface area contributed by atoms with E-state index in [1.807, 2.05) is 6.92 Å². The van der Waals surface area contributed by atoms with Crippen molar-refractivity contribution in [2.75, 3.05) is 19.5 Å². The van der Waals surface area contributed by atoms with Gasteiger partial charge in [0.1, 0.15) is 11.4 Å². The number of carbonyl (C=O) groups excluding carboxylic acids is 1. The van der Waals surface area contributed by atoms with E-state index in [0.717, 1.165) is 0 Å². The standard InChI is InChI=1S/C22H21N9O6/c1-4-36-15-8-5-13(6-9-15)19-18(25-29-30(19)21-20(23)27-37-28-21)22(32)26-24-12(2)14-7-10-17(35-3)16(11-14)31(33)34/h5-11H,4H2,1-3H3,(H2,23,27)(H,26,32)/b24-12+. The normalized spacial score (nSPS) is 11.3. The van der Waals surface area contributed by atoms with Gasteiger partial charge >= 0.3 is 5.69 Å². The molecule has 0 aliphatic carbocycles. The van der Waals surface area contributed by atoms with Gasteiger partial charge in [0.15, 0.2) is 11.4 Å². The number of nitrogens with zero attached hydrogens (tertiary/aromatic N) is 7. The molecular weight excluding hydrogens is 486 g/mol. The molecule has 0 fully saturated rings. The SMILES string of the molecule is CCOc1ccc(-c2c(C(=O)N/N=C(\C)c3ccc(OC)c([N+](=O)[O-])c3)nnn2-c2nonc2N)cc1. The van der Waals surface area contributed by atoms with E-state index in [-0.39, 0.29) is 34.5 Å². The Morgan fingerprint density at radius 2 is 2.00 bits per heavy atom. The first-order chi connectivity index (χ1) is 17.8. The van der Waals surface area contributed by atoms with Crippen molar-refractivity contribution >= 4 is 23.1 Å². The number of methoxy groups -OCH3 is 1. The summed E-state index contributed by atoms with van der Waals surface area (Å²) in [5, 5.41) is 30.7. The maximum atomic E-state index is 13.1. The summed E-state index contributed by atoms with van der Waals surface area (Å²) in [6.07, 6.45) is 0. The maximum Gasteiger partial charge on any atom is 0.311 e. The predicted octanol–water partition coefficient (Wildman–Crippen LogP) is 2.37. The van der Waals surface area contributed by atoms with Gasteiger partial charge in [-0.05, 0) is 60.6 Å². The summed E-state index contributed by atoms with van der Waals surface area (Å²) in [5.74, 6) is 0.0173. The molecule has 0 bridgehead atoms. The highest BCUT2D eigenvalue weighted by molar-refractivity contribution is 6.02. The van der Waals surface area contributed by atoms with Crippen molar-refractivity contribution in [2.45, 2.75) is 13.8 Å². The van der Waals surface area contributed by atoms with Crippen LogP contribution in [0.5, 0.6) is 11.5 Å². The number of rotatable bonds is 9. The number of nitro benzene ring substituents is 1. The summed E-state index contributed by atoms with van der Waals surface area (Å²) in [6, 6.07) is 11.2. The summed E-state index contributed by atoms with van der Waals surface area (Å²) >= 11 is 0. The Balaban J connectivity index is 1.68. The lowest BCUT2D eigenvalue weighted by atomic mass is 10.1. The number of nitrogens with one attached hydrogen (secondary N) is 1. The van der Waals surface area contributed by atoms with Crippen LogP contribution in [0.2, 0.25) is 0 Å². The van der Waals surface area contributed by atoms with Gasteiger partial charge in [-0.3, -0.25) is 14.9 Å². The lowest BCUT2D eigenvalue weighted by molar-refractivity contribution is -0.385. The first-order valence-corrected chi connectivity index (χ1v) is 10.8. The van der Waals surface area contributed by atoms with Gasteiger partial charge in [0.2, 0.25) is 11.6 Å². The summed E-state index contributed by atoms with van der Waals surface area (Å²) < 4.78 is 16.4. The second-order valence-electron chi connectivity index (χ2n) is 7.41. The topological polar surface area (TPSA) is 199 Å². The Morgan fingerprint density at radius 1 is 1.24 bits per heavy atom. The zero-order valence-electron chi connectivity index (χ0n) is 19.9. The molecule has 0 radical (unpaired) electrons. The lowest BCUT2D eigenvalue weighted by Crippen LogP contribution is -2.21. The van der Waals surface area contributed by atoms with Gasteiger partial charge in [-0.2, -0.15) is 9.78 Å². The molecule has 0 unspecified atom stereocenters. The van der Waals surface area contributed by atoms with Crippen LogP contribution in [-0.2, 0) is 0 Å². The summed E-state index contributed by atoms with van der Waals surface area (Å²) in [4.78, 5) is 23.9. The second kappa shape index (κ2) is 10.5. The number of hydrogen-bond donors (Lipinski definition) is 2. The van der Waals surface area contributed by atoms with Gasteiger partial charge < -0.3 is 15.2 Å². The quantitative estimate of drug-likeness (QED) is 0.191. The molecule has 2 aromatic carbocycles. The van der Waals surface area contributed by atoms with Gasteiger partial charge in [0.25, 0.3) is 5.91 Å². The molecule has 190 valence electrons. The Bertz CT molecular complexity index is 1480. The van der Waals surface area contributed by atoms with Crippen molar-refractivity contribution in [3.05, 3.63) is 63.8 Å². The monoisotopic (exact) mass is 507 g/mol. The van der Waals surface area contributed by atoms with Crippen LogP contribution in [0.1, 0.15) is 29.9 Å². The van der Waals surface area contributed by atoms with Crippen LogP contribution >= 0.6 is 0 Å². The fraction of sp³-hybridized carbons (Fsp3) is 0.182. The minimum atomic E-state index is -0.701. The van der Waals surface area contributed by atoms with Crippen molar-refractivity contribution < 1.29 is 23.8 Å². The molecule has 2 aromatic heterocycles. The molecule has 1 amide bonds. The third-order valence-electron chi connectivity index (χ3n) is 5.14. The average Bonchev–Trinajstić information content (AvgIpc) is 3.53. The molecule has 37 heavy (non-hydrogen) atoms. The third-order valence-corrected chi connectivity index (χ3v) is 5.14. The molecular formula is C22H21N9O6. The molecule has 15 heteroatoms. The number of hydrogen-bond acceptors (Lipinski definition) is 12. The van der Waals surface area contributed by atoms with Gasteiger partial charge in [-0.15, -0.1) is 5.10 Å². The number of amides is 1. The number of benzene rings is 2. The van der Waals surface area contributed by atoms with E-state index in [2.05, 4.69) is 35.8 Å². The van der Waals surface area contributed by atoms with Crippen LogP contribution in [0.15, 0.2) is 52.2 Å². The number of anilines is 1. The van der Waals surface area contributed by atoms with Crippen molar-refractivity contribution in [1.29, 1.82) is 0 Å².